The minimum atomic E-state index is 0. The first-order chi connectivity index (χ1) is 24.4. The van der Waals surface area contributed by atoms with Gasteiger partial charge in [0.25, 0.3) is 0 Å². The van der Waals surface area contributed by atoms with Gasteiger partial charge in [-0.2, -0.15) is 49.6 Å². The van der Waals surface area contributed by atoms with Crippen LogP contribution in [0.1, 0.15) is 67.2 Å². The van der Waals surface area contributed by atoms with Gasteiger partial charge in [0, 0.05) is 73.7 Å². The van der Waals surface area contributed by atoms with Gasteiger partial charge < -0.3 is 0 Å². The van der Waals surface area contributed by atoms with Gasteiger partial charge in [-0.3, -0.25) is 18.8 Å². The molecule has 0 radical (unpaired) electrons. The number of thiol groups is 3. The molecule has 0 saturated carbocycles. The van der Waals surface area contributed by atoms with Crippen LogP contribution in [0.4, 0.5) is 18.8 Å². The van der Waals surface area contributed by atoms with Gasteiger partial charge >= 0.3 is 0 Å². The molecular weight excluding hydrogens is 897 g/mol. The van der Waals surface area contributed by atoms with E-state index in [0.717, 1.165) is 46.4 Å². The zero-order valence-electron chi connectivity index (χ0n) is 33.7. The van der Waals surface area contributed by atoms with Gasteiger partial charge in [0.1, 0.15) is 0 Å². The fourth-order valence-electron chi connectivity index (χ4n) is 4.04. The molecule has 14 heteroatoms. The van der Waals surface area contributed by atoms with E-state index in [9.17, 15) is 0 Å². The van der Waals surface area contributed by atoms with Gasteiger partial charge in [-0.15, -0.1) is 58.8 Å². The maximum absolute atomic E-state index is 4.28. The second kappa shape index (κ2) is 50.1. The third-order valence-corrected chi connectivity index (χ3v) is 15.1. The number of halogens is 4. The normalized spacial score (nSPS) is 10.2. The Balaban J connectivity index is -0.000000145. The maximum Gasteiger partial charge on any atom is 0.00942 e. The van der Waals surface area contributed by atoms with Crippen molar-refractivity contribution in [3.63, 3.8) is 0 Å². The van der Waals surface area contributed by atoms with Gasteiger partial charge in [-0.25, -0.2) is 0 Å². The van der Waals surface area contributed by atoms with Crippen molar-refractivity contribution in [2.24, 2.45) is 17.8 Å². The van der Waals surface area contributed by atoms with Crippen LogP contribution < -0.4 is 0 Å². The molecule has 0 saturated heterocycles. The predicted molar refractivity (Wildman–Crippen MR) is 266 cm³/mol. The summed E-state index contributed by atoms with van der Waals surface area (Å²) in [5.74, 6) is 12.4. The van der Waals surface area contributed by atoms with Gasteiger partial charge in [0.05, 0.1) is 0 Å². The van der Waals surface area contributed by atoms with Gasteiger partial charge in [0.15, 0.2) is 0 Å². The first kappa shape index (κ1) is 68.5. The van der Waals surface area contributed by atoms with E-state index in [2.05, 4.69) is 158 Å². The monoisotopic (exact) mass is 966 g/mol. The Morgan fingerprint density at radius 1 is 0.455 bits per heavy atom. The maximum atomic E-state index is 4.28. The SMILES string of the molecule is CCC(CC)CS.CCC(CSC)CSc1ccccc1.CCCSc1cc(SCC)cc(SCC)c1.F.F.F.F.SCC(CS)CSc1ccccc1.[Ar]. The Labute approximate surface area is 406 Å². The van der Waals surface area contributed by atoms with Crippen molar-refractivity contribution in [1.82, 2.24) is 0 Å². The fourth-order valence-corrected chi connectivity index (χ4v) is 11.3. The Bertz CT molecular complexity index is 1120. The smallest absolute Gasteiger partial charge is 0.00942 e. The van der Waals surface area contributed by atoms with Crippen molar-refractivity contribution in [2.75, 3.05) is 58.0 Å². The molecule has 0 aliphatic heterocycles. The summed E-state index contributed by atoms with van der Waals surface area (Å²) in [5.41, 5.74) is 0. The van der Waals surface area contributed by atoms with E-state index >= 15 is 0 Å². The molecular formula is C41H70ArF4S9. The van der Waals surface area contributed by atoms with Crippen molar-refractivity contribution < 1.29 is 56.6 Å². The van der Waals surface area contributed by atoms with Crippen LogP contribution in [-0.4, -0.2) is 58.0 Å². The van der Waals surface area contributed by atoms with Gasteiger partial charge in [0.2, 0.25) is 0 Å². The zero-order chi connectivity index (χ0) is 37.2. The first-order valence-electron chi connectivity index (χ1n) is 18.1. The van der Waals surface area contributed by atoms with Crippen LogP contribution in [0.3, 0.4) is 0 Å². The Kier molecular flexibility index (Phi) is 62.5. The second-order valence-electron chi connectivity index (χ2n) is 11.4. The molecule has 0 aliphatic carbocycles. The van der Waals surface area contributed by atoms with Crippen LogP contribution in [0.15, 0.2) is 103 Å². The minimum absolute atomic E-state index is 0. The van der Waals surface area contributed by atoms with Crippen LogP contribution in [0.25, 0.3) is 0 Å². The molecule has 0 N–H and O–H groups in total. The van der Waals surface area contributed by atoms with E-state index in [4.69, 9.17) is 0 Å². The molecule has 3 rings (SSSR count). The predicted octanol–water partition coefficient (Wildman–Crippen LogP) is 15.8. The number of benzene rings is 3. The van der Waals surface area contributed by atoms with Crippen molar-refractivity contribution in [3.05, 3.63) is 78.9 Å². The second-order valence-corrected chi connectivity index (χ2v) is 19.5. The van der Waals surface area contributed by atoms with E-state index in [-0.39, 0.29) is 56.6 Å². The Morgan fingerprint density at radius 3 is 1.11 bits per heavy atom. The Hall–Kier alpha value is 1.79. The summed E-state index contributed by atoms with van der Waals surface area (Å²) in [4.78, 5) is 6.98. The molecule has 0 amide bonds. The number of hydrogen-bond acceptors (Lipinski definition) is 9. The van der Waals surface area contributed by atoms with Crippen molar-refractivity contribution in [2.45, 2.75) is 91.7 Å². The minimum Gasteiger partial charge on any atom is -0.269 e. The molecule has 0 aromatic heterocycles. The van der Waals surface area contributed by atoms with Crippen LogP contribution >= 0.6 is 108 Å². The standard InChI is InChI=1S/C13H20S3.C12H18S2.C10H14S3.C6H14S.Ar.4FH/c1-4-7-16-13-9-11(14-5-2)8-12(10-13)15-6-3;1-3-11(9-13-2)10-14-12-7-5-4-6-8-12;11-6-9(7-12)8-13-10-4-2-1-3-5-10;1-3-6(4-2)5-7;;;;;/h8-10H,4-7H2,1-3H3;4-8,11H,3,9-10H2,1-2H3;1-5,9,11-12H,6-8H2;6-7H,3-5H2,1-2H3;;4*1H. The van der Waals surface area contributed by atoms with E-state index in [1.807, 2.05) is 76.6 Å². The summed E-state index contributed by atoms with van der Waals surface area (Å²) in [5, 5.41) is 0. The topological polar surface area (TPSA) is 0 Å². The summed E-state index contributed by atoms with van der Waals surface area (Å²) >= 11 is 24.4. The third-order valence-electron chi connectivity index (χ3n) is 7.32. The zero-order valence-corrected chi connectivity index (χ0v) is 42.0. The molecule has 0 fully saturated rings. The third kappa shape index (κ3) is 38.5. The van der Waals surface area contributed by atoms with Crippen molar-refractivity contribution >= 4 is 108 Å². The number of hydrogen-bond donors (Lipinski definition) is 3. The largest absolute Gasteiger partial charge is 0.269 e. The molecule has 0 aliphatic rings. The van der Waals surface area contributed by atoms with E-state index < -0.39 is 0 Å². The number of rotatable bonds is 21. The molecule has 0 nitrogen and oxygen atoms in total. The van der Waals surface area contributed by atoms with Crippen LogP contribution in [0, 0.1) is 55.5 Å². The summed E-state index contributed by atoms with van der Waals surface area (Å²) in [6.45, 7) is 13.4. The molecule has 3 aromatic carbocycles. The van der Waals surface area contributed by atoms with Crippen LogP contribution in [0.2, 0.25) is 0 Å². The van der Waals surface area contributed by atoms with E-state index in [0.29, 0.717) is 5.92 Å². The average molecular weight is 968 g/mol. The number of thioether (sulfide) groups is 6. The molecule has 3 aromatic rings. The summed E-state index contributed by atoms with van der Waals surface area (Å²) in [7, 11) is 0. The molecule has 1 atom stereocenters. The van der Waals surface area contributed by atoms with E-state index in [1.165, 1.54) is 67.4 Å². The fraction of sp³-hybridized carbons (Fsp3) is 0.561. The Morgan fingerprint density at radius 2 is 0.818 bits per heavy atom. The van der Waals surface area contributed by atoms with Gasteiger partial charge in [-0.05, 0) is 113 Å². The molecule has 55 heavy (non-hydrogen) atoms. The quantitative estimate of drug-likeness (QED) is 0.0549. The molecule has 0 heterocycles. The molecule has 1 unspecified atom stereocenters. The molecule has 0 spiro atoms. The first-order valence-corrected chi connectivity index (χ1v) is 26.3. The van der Waals surface area contributed by atoms with E-state index in [1.54, 1.807) is 0 Å². The van der Waals surface area contributed by atoms with Crippen LogP contribution in [-0.2, 0) is 0 Å². The van der Waals surface area contributed by atoms with Crippen LogP contribution in [0.5, 0.6) is 0 Å². The molecule has 324 valence electrons. The van der Waals surface area contributed by atoms with Crippen molar-refractivity contribution in [1.29, 1.82) is 0 Å². The summed E-state index contributed by atoms with van der Waals surface area (Å²) < 4.78 is 0. The molecule has 0 bridgehead atoms. The average Bonchev–Trinajstić information content (AvgIpc) is 3.15. The van der Waals surface area contributed by atoms with Crippen molar-refractivity contribution in [3.8, 4) is 0 Å². The summed E-state index contributed by atoms with van der Waals surface area (Å²) in [6.07, 6.45) is 7.28. The van der Waals surface area contributed by atoms with Gasteiger partial charge in [-0.1, -0.05) is 97.2 Å². The summed E-state index contributed by atoms with van der Waals surface area (Å²) in [6, 6.07) is 28.1.